The maximum atomic E-state index is 12.6. The summed E-state index contributed by atoms with van der Waals surface area (Å²) in [6.45, 7) is 0.652. The Morgan fingerprint density at radius 3 is 2.52 bits per heavy atom. The molecule has 0 atom stereocenters. The monoisotopic (exact) mass is 369 g/mol. The molecule has 25 heavy (non-hydrogen) atoms. The molecule has 2 aromatic carbocycles. The van der Waals surface area contributed by atoms with E-state index in [1.807, 2.05) is 48.5 Å². The number of ether oxygens (including phenoxy) is 1. The minimum absolute atomic E-state index is 0.00104. The van der Waals surface area contributed by atoms with E-state index in [-0.39, 0.29) is 5.91 Å². The molecule has 0 N–H and O–H groups in total. The van der Waals surface area contributed by atoms with E-state index in [0.717, 1.165) is 24.2 Å². The van der Waals surface area contributed by atoms with Gasteiger partial charge in [-0.25, -0.2) is 0 Å². The Labute approximate surface area is 157 Å². The number of nitrogens with zero attached hydrogens (tertiary/aromatic N) is 1. The summed E-state index contributed by atoms with van der Waals surface area (Å²) in [5.41, 5.74) is 2.24. The van der Waals surface area contributed by atoms with Gasteiger partial charge in [0, 0.05) is 6.54 Å². The zero-order valence-corrected chi connectivity index (χ0v) is 15.6. The average Bonchev–Trinajstić information content (AvgIpc) is 2.90. The van der Waals surface area contributed by atoms with Gasteiger partial charge < -0.3 is 4.74 Å². The van der Waals surface area contributed by atoms with E-state index >= 15 is 0 Å². The van der Waals surface area contributed by atoms with Crippen molar-refractivity contribution >= 4 is 40.3 Å². The van der Waals surface area contributed by atoms with Crippen LogP contribution >= 0.6 is 24.0 Å². The van der Waals surface area contributed by atoms with Gasteiger partial charge in [-0.15, -0.1) is 0 Å². The highest BCUT2D eigenvalue weighted by atomic mass is 32.2. The zero-order chi connectivity index (χ0) is 17.6. The van der Waals surface area contributed by atoms with Crippen LogP contribution in [-0.4, -0.2) is 28.8 Å². The highest BCUT2D eigenvalue weighted by Crippen LogP contribution is 2.32. The Hall–Kier alpha value is -2.11. The van der Waals surface area contributed by atoms with Crippen LogP contribution in [0.4, 0.5) is 0 Å². The van der Waals surface area contributed by atoms with Crippen LogP contribution < -0.4 is 4.74 Å². The molecule has 1 aliphatic heterocycles. The fourth-order valence-corrected chi connectivity index (χ4v) is 3.94. The second-order valence-electron chi connectivity index (χ2n) is 5.70. The summed E-state index contributed by atoms with van der Waals surface area (Å²) in [4.78, 5) is 15.0. The van der Waals surface area contributed by atoms with E-state index in [2.05, 4.69) is 12.1 Å². The van der Waals surface area contributed by atoms with Gasteiger partial charge in [0.1, 0.15) is 10.1 Å². The van der Waals surface area contributed by atoms with Crippen molar-refractivity contribution in [2.24, 2.45) is 0 Å². The van der Waals surface area contributed by atoms with Crippen LogP contribution in [-0.2, 0) is 11.2 Å². The van der Waals surface area contributed by atoms with Crippen molar-refractivity contribution in [1.82, 2.24) is 4.90 Å². The fourth-order valence-electron chi connectivity index (χ4n) is 2.63. The van der Waals surface area contributed by atoms with E-state index in [1.165, 1.54) is 17.3 Å². The maximum absolute atomic E-state index is 12.6. The number of rotatable bonds is 6. The quantitative estimate of drug-likeness (QED) is 0.553. The van der Waals surface area contributed by atoms with E-state index < -0.39 is 0 Å². The summed E-state index contributed by atoms with van der Waals surface area (Å²) < 4.78 is 5.79. The van der Waals surface area contributed by atoms with Gasteiger partial charge in [-0.2, -0.15) is 0 Å². The van der Waals surface area contributed by atoms with Gasteiger partial charge in [0.25, 0.3) is 5.91 Å². The molecule has 1 aliphatic rings. The van der Waals surface area contributed by atoms with Crippen LogP contribution in [0.5, 0.6) is 5.75 Å². The topological polar surface area (TPSA) is 29.5 Å². The first-order chi connectivity index (χ1) is 12.2. The van der Waals surface area contributed by atoms with Crippen LogP contribution in [0.15, 0.2) is 59.5 Å². The molecular formula is C20H19NO2S2. The summed E-state index contributed by atoms with van der Waals surface area (Å²) in [6, 6.07) is 17.9. The van der Waals surface area contributed by atoms with Crippen LogP contribution in [0.2, 0.25) is 0 Å². The lowest BCUT2D eigenvalue weighted by Gasteiger charge is -2.14. The largest absolute Gasteiger partial charge is 0.497 e. The molecule has 1 saturated heterocycles. The van der Waals surface area contributed by atoms with Crippen molar-refractivity contribution < 1.29 is 9.53 Å². The lowest BCUT2D eigenvalue weighted by atomic mass is 10.1. The van der Waals surface area contributed by atoms with Gasteiger partial charge in [0.15, 0.2) is 0 Å². The molecule has 1 amide bonds. The molecular weight excluding hydrogens is 350 g/mol. The van der Waals surface area contributed by atoms with E-state index in [0.29, 0.717) is 15.8 Å². The Balaban J connectivity index is 1.62. The molecule has 0 radical (unpaired) electrons. The summed E-state index contributed by atoms with van der Waals surface area (Å²) in [5.74, 6) is 0.796. The number of aryl methyl sites for hydroxylation is 1. The Morgan fingerprint density at radius 2 is 1.84 bits per heavy atom. The summed E-state index contributed by atoms with van der Waals surface area (Å²) in [6.07, 6.45) is 3.72. The molecule has 1 fully saturated rings. The minimum atomic E-state index is -0.00104. The standard InChI is InChI=1S/C20H19NO2S2/c1-23-17-11-9-16(10-12-17)14-18-19(22)21(20(24)25-18)13-5-8-15-6-3-2-4-7-15/h2-4,6-7,9-12,14H,5,8,13H2,1H3. The molecule has 0 aliphatic carbocycles. The summed E-state index contributed by atoms with van der Waals surface area (Å²) >= 11 is 6.76. The highest BCUT2D eigenvalue weighted by molar-refractivity contribution is 8.26. The van der Waals surface area contributed by atoms with Gasteiger partial charge in [0.2, 0.25) is 0 Å². The third-order valence-electron chi connectivity index (χ3n) is 3.98. The number of hydrogen-bond acceptors (Lipinski definition) is 4. The number of amides is 1. The van der Waals surface area contributed by atoms with Crippen LogP contribution in [0.1, 0.15) is 17.5 Å². The Kier molecular flexibility index (Phi) is 5.89. The second-order valence-corrected chi connectivity index (χ2v) is 7.37. The molecule has 128 valence electrons. The molecule has 0 aromatic heterocycles. The molecule has 3 nitrogen and oxygen atoms in total. The second kappa shape index (κ2) is 8.32. The smallest absolute Gasteiger partial charge is 0.266 e. The lowest BCUT2D eigenvalue weighted by Crippen LogP contribution is -2.29. The number of carbonyl (C=O) groups excluding carboxylic acids is 1. The molecule has 0 unspecified atom stereocenters. The molecule has 2 aromatic rings. The first-order valence-corrected chi connectivity index (χ1v) is 9.33. The van der Waals surface area contributed by atoms with Gasteiger partial charge >= 0.3 is 0 Å². The van der Waals surface area contributed by atoms with Crippen molar-refractivity contribution in [3.63, 3.8) is 0 Å². The number of methoxy groups -OCH3 is 1. The van der Waals surface area contributed by atoms with Crippen molar-refractivity contribution in [2.45, 2.75) is 12.8 Å². The minimum Gasteiger partial charge on any atom is -0.497 e. The predicted octanol–water partition coefficient (Wildman–Crippen LogP) is 4.53. The molecule has 0 saturated carbocycles. The first-order valence-electron chi connectivity index (χ1n) is 8.11. The van der Waals surface area contributed by atoms with Crippen molar-refractivity contribution in [1.29, 1.82) is 0 Å². The molecule has 1 heterocycles. The number of thioether (sulfide) groups is 1. The van der Waals surface area contributed by atoms with Crippen LogP contribution in [0, 0.1) is 0 Å². The molecule has 0 spiro atoms. The van der Waals surface area contributed by atoms with Crippen LogP contribution in [0.3, 0.4) is 0 Å². The van der Waals surface area contributed by atoms with Crippen molar-refractivity contribution in [2.75, 3.05) is 13.7 Å². The lowest BCUT2D eigenvalue weighted by molar-refractivity contribution is -0.122. The van der Waals surface area contributed by atoms with Crippen molar-refractivity contribution in [3.8, 4) is 5.75 Å². The van der Waals surface area contributed by atoms with Gasteiger partial charge in [-0.1, -0.05) is 66.4 Å². The highest BCUT2D eigenvalue weighted by Gasteiger charge is 2.31. The number of hydrogen-bond donors (Lipinski definition) is 0. The predicted molar refractivity (Wildman–Crippen MR) is 108 cm³/mol. The van der Waals surface area contributed by atoms with Gasteiger partial charge in [0.05, 0.1) is 12.0 Å². The van der Waals surface area contributed by atoms with E-state index in [4.69, 9.17) is 17.0 Å². The summed E-state index contributed by atoms with van der Waals surface area (Å²) in [5, 5.41) is 0. The number of thiocarbonyl (C=S) groups is 1. The molecule has 3 rings (SSSR count). The first kappa shape index (κ1) is 17.7. The number of carbonyl (C=O) groups is 1. The third-order valence-corrected chi connectivity index (χ3v) is 5.35. The normalized spacial score (nSPS) is 15.9. The van der Waals surface area contributed by atoms with Gasteiger partial charge in [-0.05, 0) is 42.2 Å². The van der Waals surface area contributed by atoms with Crippen molar-refractivity contribution in [3.05, 3.63) is 70.6 Å². The SMILES string of the molecule is COc1ccc(C=C2SC(=S)N(CCCc3ccccc3)C2=O)cc1. The molecule has 0 bridgehead atoms. The average molecular weight is 370 g/mol. The fraction of sp³-hybridized carbons (Fsp3) is 0.200. The van der Waals surface area contributed by atoms with E-state index in [9.17, 15) is 4.79 Å². The molecule has 5 heteroatoms. The Morgan fingerprint density at radius 1 is 1.12 bits per heavy atom. The Bertz CT molecular complexity index is 785. The third kappa shape index (κ3) is 4.50. The number of benzene rings is 2. The zero-order valence-electron chi connectivity index (χ0n) is 14.0. The maximum Gasteiger partial charge on any atom is 0.266 e. The summed E-state index contributed by atoms with van der Waals surface area (Å²) in [7, 11) is 1.63. The van der Waals surface area contributed by atoms with E-state index in [1.54, 1.807) is 12.0 Å². The van der Waals surface area contributed by atoms with Gasteiger partial charge in [-0.3, -0.25) is 9.69 Å². The van der Waals surface area contributed by atoms with Crippen LogP contribution in [0.25, 0.3) is 6.08 Å².